The number of alkyl halides is 3. The average molecular weight is 305 g/mol. The minimum Gasteiger partial charge on any atom is -0.258 e. The summed E-state index contributed by atoms with van der Waals surface area (Å²) in [6.07, 6.45) is 0.433. The van der Waals surface area contributed by atoms with E-state index in [4.69, 9.17) is 0 Å². The Morgan fingerprint density at radius 3 is 2.40 bits per heavy atom. The smallest absolute Gasteiger partial charge is 0.258 e. The minimum atomic E-state index is -4.57. The first-order valence-electron chi connectivity index (χ1n) is 6.40. The van der Waals surface area contributed by atoms with Gasteiger partial charge in [-0.1, -0.05) is 19.3 Å². The second-order valence-corrected chi connectivity index (χ2v) is 6.16. The molecule has 0 saturated heterocycles. The van der Waals surface area contributed by atoms with Crippen LogP contribution in [0.5, 0.6) is 0 Å². The zero-order valence-corrected chi connectivity index (χ0v) is 11.5. The van der Waals surface area contributed by atoms with Gasteiger partial charge in [-0.15, -0.1) is 11.8 Å². The lowest BCUT2D eigenvalue weighted by molar-refractivity contribution is -0.385. The second-order valence-electron chi connectivity index (χ2n) is 4.81. The van der Waals surface area contributed by atoms with Crippen molar-refractivity contribution >= 4 is 17.4 Å². The van der Waals surface area contributed by atoms with Gasteiger partial charge >= 0.3 is 6.18 Å². The van der Waals surface area contributed by atoms with Crippen LogP contribution in [0.3, 0.4) is 0 Å². The maximum atomic E-state index is 13.0. The van der Waals surface area contributed by atoms with Crippen LogP contribution in [0, 0.1) is 10.1 Å². The predicted octanol–water partition coefficient (Wildman–Crippen LogP) is 5.04. The Kier molecular flexibility index (Phi) is 4.57. The fourth-order valence-corrected chi connectivity index (χ4v) is 3.69. The van der Waals surface area contributed by atoms with Crippen molar-refractivity contribution in [1.82, 2.24) is 0 Å². The maximum absolute atomic E-state index is 13.0. The minimum absolute atomic E-state index is 0.0926. The van der Waals surface area contributed by atoms with Gasteiger partial charge in [0.05, 0.1) is 10.5 Å². The van der Waals surface area contributed by atoms with E-state index in [1.165, 1.54) is 17.8 Å². The second kappa shape index (κ2) is 6.03. The van der Waals surface area contributed by atoms with Crippen molar-refractivity contribution in [1.29, 1.82) is 0 Å². The predicted molar refractivity (Wildman–Crippen MR) is 70.8 cm³/mol. The van der Waals surface area contributed by atoms with Gasteiger partial charge in [-0.25, -0.2) is 0 Å². The largest absolute Gasteiger partial charge is 0.417 e. The van der Waals surface area contributed by atoms with Crippen LogP contribution in [-0.4, -0.2) is 10.2 Å². The van der Waals surface area contributed by atoms with E-state index in [-0.39, 0.29) is 10.1 Å². The van der Waals surface area contributed by atoms with Crippen molar-refractivity contribution in [3.05, 3.63) is 33.9 Å². The Balaban J connectivity index is 2.28. The zero-order chi connectivity index (χ0) is 14.8. The van der Waals surface area contributed by atoms with E-state index in [0.717, 1.165) is 38.2 Å². The molecule has 0 aromatic heterocycles. The summed E-state index contributed by atoms with van der Waals surface area (Å²) in [4.78, 5) is 9.90. The van der Waals surface area contributed by atoms with Crippen molar-refractivity contribution in [3.8, 4) is 0 Å². The number of nitro benzene ring substituents is 1. The highest BCUT2D eigenvalue weighted by molar-refractivity contribution is 8.00. The molecule has 1 aromatic carbocycles. The van der Waals surface area contributed by atoms with E-state index >= 15 is 0 Å². The van der Waals surface area contributed by atoms with E-state index in [2.05, 4.69) is 0 Å². The first kappa shape index (κ1) is 15.2. The molecule has 0 atom stereocenters. The van der Waals surface area contributed by atoms with Gasteiger partial charge in [-0.2, -0.15) is 13.2 Å². The lowest BCUT2D eigenvalue weighted by atomic mass is 10.0. The number of halogens is 3. The molecule has 0 spiro atoms. The molecule has 3 nitrogen and oxygen atoms in total. The van der Waals surface area contributed by atoms with Crippen LogP contribution in [-0.2, 0) is 6.18 Å². The molecular formula is C13H14F3NO2S. The molecule has 2 rings (SSSR count). The molecule has 110 valence electrons. The molecule has 1 aromatic rings. The third-order valence-corrected chi connectivity index (χ3v) is 4.74. The third-order valence-electron chi connectivity index (χ3n) is 3.33. The van der Waals surface area contributed by atoms with E-state index in [9.17, 15) is 23.3 Å². The molecule has 0 heterocycles. The summed E-state index contributed by atoms with van der Waals surface area (Å²) in [5.41, 5.74) is -1.42. The van der Waals surface area contributed by atoms with Crippen LogP contribution in [0.25, 0.3) is 0 Å². The highest BCUT2D eigenvalue weighted by atomic mass is 32.2. The zero-order valence-electron chi connectivity index (χ0n) is 10.7. The van der Waals surface area contributed by atoms with Crippen LogP contribution in [0.1, 0.15) is 37.7 Å². The molecule has 0 radical (unpaired) electrons. The Morgan fingerprint density at radius 2 is 1.85 bits per heavy atom. The summed E-state index contributed by atoms with van der Waals surface area (Å²) in [5.74, 6) is 0. The molecule has 0 unspecified atom stereocenters. The molecule has 0 bridgehead atoms. The standard InChI is InChI=1S/C13H14F3NO2S/c14-13(15,16)11-8-9(17(18)19)6-7-12(11)20-10-4-2-1-3-5-10/h6-8,10H,1-5H2. The van der Waals surface area contributed by atoms with E-state index in [1.54, 1.807) is 0 Å². The average Bonchev–Trinajstić information content (AvgIpc) is 2.39. The van der Waals surface area contributed by atoms with Crippen molar-refractivity contribution in [3.63, 3.8) is 0 Å². The van der Waals surface area contributed by atoms with Gasteiger partial charge in [0.25, 0.3) is 5.69 Å². The van der Waals surface area contributed by atoms with Crippen LogP contribution in [0.2, 0.25) is 0 Å². The highest BCUT2D eigenvalue weighted by Gasteiger charge is 2.36. The SMILES string of the molecule is O=[N+]([O-])c1ccc(SC2CCCCC2)c(C(F)(F)F)c1. The molecule has 0 N–H and O–H groups in total. The summed E-state index contributed by atoms with van der Waals surface area (Å²) >= 11 is 1.20. The molecule has 7 heteroatoms. The van der Waals surface area contributed by atoms with Gasteiger partial charge in [-0.05, 0) is 18.9 Å². The summed E-state index contributed by atoms with van der Waals surface area (Å²) < 4.78 is 39.0. The number of rotatable bonds is 3. The van der Waals surface area contributed by atoms with Gasteiger partial charge in [-0.3, -0.25) is 10.1 Å². The first-order valence-corrected chi connectivity index (χ1v) is 7.28. The number of non-ortho nitro benzene ring substituents is 1. The monoisotopic (exact) mass is 305 g/mol. The topological polar surface area (TPSA) is 43.1 Å². The molecular weight excluding hydrogens is 291 g/mol. The van der Waals surface area contributed by atoms with Crippen LogP contribution in [0.4, 0.5) is 18.9 Å². The molecule has 1 fully saturated rings. The number of benzene rings is 1. The summed E-state index contributed by atoms with van der Waals surface area (Å²) in [6.45, 7) is 0. The Hall–Kier alpha value is -1.24. The van der Waals surface area contributed by atoms with Gasteiger partial charge in [0.1, 0.15) is 0 Å². The fourth-order valence-electron chi connectivity index (χ4n) is 2.32. The quantitative estimate of drug-likeness (QED) is 0.580. The number of nitro groups is 1. The van der Waals surface area contributed by atoms with Crippen molar-refractivity contribution in [2.24, 2.45) is 0 Å². The molecule has 1 aliphatic carbocycles. The Morgan fingerprint density at radius 1 is 1.20 bits per heavy atom. The summed E-state index contributed by atoms with van der Waals surface area (Å²) in [7, 11) is 0. The Labute approximate surface area is 118 Å². The molecule has 1 saturated carbocycles. The van der Waals surface area contributed by atoms with Gasteiger partial charge in [0.2, 0.25) is 0 Å². The van der Waals surface area contributed by atoms with E-state index in [1.807, 2.05) is 0 Å². The number of nitrogens with zero attached hydrogens (tertiary/aromatic N) is 1. The first-order chi connectivity index (χ1) is 9.38. The number of hydrogen-bond acceptors (Lipinski definition) is 3. The molecule has 0 aliphatic heterocycles. The molecule has 1 aliphatic rings. The van der Waals surface area contributed by atoms with Gasteiger partial charge < -0.3 is 0 Å². The lowest BCUT2D eigenvalue weighted by Gasteiger charge is -2.22. The van der Waals surface area contributed by atoms with E-state index in [0.29, 0.717) is 6.07 Å². The van der Waals surface area contributed by atoms with Crippen molar-refractivity contribution < 1.29 is 18.1 Å². The maximum Gasteiger partial charge on any atom is 0.417 e. The van der Waals surface area contributed by atoms with Crippen molar-refractivity contribution in [2.45, 2.75) is 48.4 Å². The normalized spacial score (nSPS) is 17.1. The van der Waals surface area contributed by atoms with Crippen LogP contribution in [0.15, 0.2) is 23.1 Å². The van der Waals surface area contributed by atoms with Crippen LogP contribution < -0.4 is 0 Å². The van der Waals surface area contributed by atoms with Crippen molar-refractivity contribution in [2.75, 3.05) is 0 Å². The van der Waals surface area contributed by atoms with Gasteiger partial charge in [0.15, 0.2) is 0 Å². The van der Waals surface area contributed by atoms with Gasteiger partial charge in [0, 0.05) is 22.3 Å². The fraction of sp³-hybridized carbons (Fsp3) is 0.538. The van der Waals surface area contributed by atoms with Crippen LogP contribution >= 0.6 is 11.8 Å². The third kappa shape index (κ3) is 3.65. The molecule has 20 heavy (non-hydrogen) atoms. The lowest BCUT2D eigenvalue weighted by Crippen LogP contribution is -2.12. The Bertz CT molecular complexity index is 499. The number of hydrogen-bond donors (Lipinski definition) is 0. The number of thioether (sulfide) groups is 1. The summed E-state index contributed by atoms with van der Waals surface area (Å²) in [6, 6.07) is 2.99. The van der Waals surface area contributed by atoms with E-state index < -0.39 is 22.4 Å². The highest BCUT2D eigenvalue weighted by Crippen LogP contribution is 2.42. The molecule has 0 amide bonds. The summed E-state index contributed by atoms with van der Waals surface area (Å²) in [5, 5.41) is 10.8.